The summed E-state index contributed by atoms with van der Waals surface area (Å²) in [7, 11) is 0. The van der Waals surface area contributed by atoms with E-state index in [-0.39, 0.29) is 6.42 Å². The zero-order chi connectivity index (χ0) is 26.2. The number of hydrogen-bond donors (Lipinski definition) is 10. The van der Waals surface area contributed by atoms with Crippen LogP contribution in [-0.2, 0) is 23.7 Å². The fraction of sp³-hybridized carbons (Fsp3) is 0.950. The maximum atomic E-state index is 11.8. The second-order valence-corrected chi connectivity index (χ2v) is 9.26. The monoisotopic (exact) mass is 513 g/mol. The predicted molar refractivity (Wildman–Crippen MR) is 110 cm³/mol. The number of hydrogen-bond acceptors (Lipinski definition) is 14. The van der Waals surface area contributed by atoms with Crippen LogP contribution in [-0.4, -0.2) is 150 Å². The highest BCUT2D eigenvalue weighted by atomic mass is 16.7. The molecule has 3 rings (SSSR count). The van der Waals surface area contributed by atoms with Crippen LogP contribution in [0.4, 0.5) is 0 Å². The molecule has 0 aromatic heterocycles. The van der Waals surface area contributed by atoms with Gasteiger partial charge in [0.05, 0.1) is 37.6 Å². The van der Waals surface area contributed by atoms with E-state index in [1.807, 2.05) is 0 Å². The number of carbonyl (C=O) groups is 1. The maximum absolute atomic E-state index is 11.8. The van der Waals surface area contributed by atoms with E-state index in [9.17, 15) is 50.8 Å². The zero-order valence-corrected chi connectivity index (χ0v) is 19.2. The van der Waals surface area contributed by atoms with Crippen molar-refractivity contribution in [1.29, 1.82) is 0 Å². The van der Waals surface area contributed by atoms with Gasteiger partial charge in [0.2, 0.25) is 5.91 Å². The lowest BCUT2D eigenvalue weighted by molar-refractivity contribution is -0.377. The lowest BCUT2D eigenvalue weighted by Crippen LogP contribution is -2.77. The van der Waals surface area contributed by atoms with Crippen LogP contribution in [0.1, 0.15) is 20.3 Å². The van der Waals surface area contributed by atoms with Crippen molar-refractivity contribution in [1.82, 2.24) is 5.32 Å². The van der Waals surface area contributed by atoms with E-state index in [2.05, 4.69) is 5.32 Å². The molecule has 3 fully saturated rings. The summed E-state index contributed by atoms with van der Waals surface area (Å²) in [5.41, 5.74) is -2.65. The van der Waals surface area contributed by atoms with Crippen molar-refractivity contribution >= 4 is 5.91 Å². The number of amides is 1. The summed E-state index contributed by atoms with van der Waals surface area (Å²) >= 11 is 0. The summed E-state index contributed by atoms with van der Waals surface area (Å²) in [5.74, 6) is -0.605. The van der Waals surface area contributed by atoms with Crippen LogP contribution in [0.15, 0.2) is 0 Å². The number of aliphatic hydroxyl groups is 9. The van der Waals surface area contributed by atoms with Gasteiger partial charge in [0.15, 0.2) is 18.2 Å². The van der Waals surface area contributed by atoms with E-state index < -0.39 is 104 Å². The molecule has 0 unspecified atom stereocenters. The molecule has 3 heterocycles. The number of rotatable bonds is 6. The molecule has 0 aromatic carbocycles. The van der Waals surface area contributed by atoms with Gasteiger partial charge in [-0.3, -0.25) is 4.79 Å². The van der Waals surface area contributed by atoms with Gasteiger partial charge in [-0.25, -0.2) is 0 Å². The van der Waals surface area contributed by atoms with Crippen LogP contribution in [0.5, 0.6) is 0 Å². The summed E-state index contributed by atoms with van der Waals surface area (Å²) in [4.78, 5) is 11.8. The van der Waals surface area contributed by atoms with E-state index in [1.54, 1.807) is 0 Å². The minimum atomic E-state index is -2.65. The van der Waals surface area contributed by atoms with Gasteiger partial charge in [-0.1, -0.05) is 0 Å². The van der Waals surface area contributed by atoms with Gasteiger partial charge in [-0.05, 0) is 6.92 Å². The fourth-order valence-electron chi connectivity index (χ4n) is 4.67. The van der Waals surface area contributed by atoms with Gasteiger partial charge in [0.1, 0.15) is 42.7 Å². The van der Waals surface area contributed by atoms with Crippen LogP contribution in [0.25, 0.3) is 0 Å². The van der Waals surface area contributed by atoms with Crippen molar-refractivity contribution < 1.29 is 69.7 Å². The molecule has 14 atom stereocenters. The Kier molecular flexibility index (Phi) is 9.08. The van der Waals surface area contributed by atoms with Crippen LogP contribution in [0.2, 0.25) is 0 Å². The Hall–Kier alpha value is -1.05. The normalized spacial score (nSPS) is 51.1. The lowest BCUT2D eigenvalue weighted by Gasteiger charge is -2.54. The van der Waals surface area contributed by atoms with Crippen LogP contribution < -0.4 is 5.32 Å². The van der Waals surface area contributed by atoms with Gasteiger partial charge >= 0.3 is 0 Å². The number of aliphatic hydroxyl groups excluding tert-OH is 8. The van der Waals surface area contributed by atoms with Gasteiger partial charge in [-0.2, -0.15) is 0 Å². The Morgan fingerprint density at radius 3 is 2.26 bits per heavy atom. The molecular formula is C20H35NO14. The highest BCUT2D eigenvalue weighted by molar-refractivity contribution is 5.73. The number of ether oxygens (including phenoxy) is 4. The molecule has 0 bridgehead atoms. The zero-order valence-electron chi connectivity index (χ0n) is 19.2. The molecule has 0 aromatic rings. The molecule has 15 heteroatoms. The molecule has 0 saturated carbocycles. The average molecular weight is 513 g/mol. The molecule has 15 nitrogen and oxygen atoms in total. The first-order valence-electron chi connectivity index (χ1n) is 11.3. The Bertz CT molecular complexity index is 730. The number of carbonyl (C=O) groups excluding carboxylic acids is 1. The largest absolute Gasteiger partial charge is 0.394 e. The standard InChI is InChI=1S/C20H35NO14/c1-6-12(25)16(29)20(31,17-11(21-7(2)23)9(24)3-8(4-22)34-17)19(33-6)32-5-10-13(26)14(27)15(28)18(30)35-10/h6,8-19,22,24-31H,3-5H2,1-2H3,(H,21,23)/t6-,8+,9+,10-,11+,12-,13-,14+,15+,16+,17-,18+,19-,20-/m1/s1. The third-order valence-corrected chi connectivity index (χ3v) is 6.71. The van der Waals surface area contributed by atoms with E-state index in [0.29, 0.717) is 0 Å². The predicted octanol–water partition coefficient (Wildman–Crippen LogP) is -5.98. The van der Waals surface area contributed by atoms with Crippen molar-refractivity contribution in [2.75, 3.05) is 13.2 Å². The number of nitrogens with one attached hydrogen (secondary N) is 1. The van der Waals surface area contributed by atoms with Gasteiger partial charge in [0, 0.05) is 13.3 Å². The van der Waals surface area contributed by atoms with Crippen LogP contribution >= 0.6 is 0 Å². The van der Waals surface area contributed by atoms with Crippen molar-refractivity contribution in [2.45, 2.75) is 106 Å². The Morgan fingerprint density at radius 1 is 1.00 bits per heavy atom. The first-order chi connectivity index (χ1) is 16.3. The summed E-state index contributed by atoms with van der Waals surface area (Å²) < 4.78 is 21.9. The van der Waals surface area contributed by atoms with Gasteiger partial charge < -0.3 is 70.2 Å². The van der Waals surface area contributed by atoms with Gasteiger partial charge in [-0.15, -0.1) is 0 Å². The minimum Gasteiger partial charge on any atom is -0.394 e. The first-order valence-corrected chi connectivity index (χ1v) is 11.3. The summed E-state index contributed by atoms with van der Waals surface area (Å²) in [5, 5.41) is 95.1. The molecule has 35 heavy (non-hydrogen) atoms. The summed E-state index contributed by atoms with van der Waals surface area (Å²) in [6.07, 6.45) is -19.2. The third kappa shape index (κ3) is 5.47. The van der Waals surface area contributed by atoms with Crippen molar-refractivity contribution in [3.05, 3.63) is 0 Å². The van der Waals surface area contributed by atoms with Crippen LogP contribution in [0, 0.1) is 0 Å². The second-order valence-electron chi connectivity index (χ2n) is 9.26. The highest BCUT2D eigenvalue weighted by Crippen LogP contribution is 2.39. The van der Waals surface area contributed by atoms with E-state index >= 15 is 0 Å². The SMILES string of the molecule is CC(=O)N[C@@H]1[C@H]([C@@]2(O)[C@H](OC[C@H]3O[C@H](O)[C@@H](O)[C@@H](O)[C@@H]3O)O[C@H](C)[C@@H](O)[C@@H]2O)O[C@H](CO)C[C@@H]1O. The summed E-state index contributed by atoms with van der Waals surface area (Å²) in [6.45, 7) is 1.31. The second kappa shape index (κ2) is 11.1. The third-order valence-electron chi connectivity index (χ3n) is 6.71. The van der Waals surface area contributed by atoms with Crippen molar-refractivity contribution in [2.24, 2.45) is 0 Å². The maximum Gasteiger partial charge on any atom is 0.217 e. The fourth-order valence-corrected chi connectivity index (χ4v) is 4.67. The minimum absolute atomic E-state index is 0.115. The van der Waals surface area contributed by atoms with Gasteiger partial charge in [0.25, 0.3) is 0 Å². The lowest BCUT2D eigenvalue weighted by atomic mass is 9.76. The van der Waals surface area contributed by atoms with Crippen molar-refractivity contribution in [3.63, 3.8) is 0 Å². The molecule has 0 spiro atoms. The molecule has 10 N–H and O–H groups in total. The van der Waals surface area contributed by atoms with Crippen molar-refractivity contribution in [3.8, 4) is 0 Å². The molecule has 3 aliphatic heterocycles. The Labute approximate surface area is 200 Å². The average Bonchev–Trinajstić information content (AvgIpc) is 2.81. The topological polar surface area (TPSA) is 248 Å². The quantitative estimate of drug-likeness (QED) is 0.159. The molecule has 0 radical (unpaired) electrons. The Morgan fingerprint density at radius 2 is 1.66 bits per heavy atom. The molecule has 1 amide bonds. The highest BCUT2D eigenvalue weighted by Gasteiger charge is 2.63. The molecule has 204 valence electrons. The Balaban J connectivity index is 1.90. The molecule has 3 saturated heterocycles. The van der Waals surface area contributed by atoms with E-state index in [4.69, 9.17) is 18.9 Å². The molecule has 0 aliphatic carbocycles. The smallest absolute Gasteiger partial charge is 0.217 e. The molecular weight excluding hydrogens is 478 g/mol. The van der Waals surface area contributed by atoms with E-state index in [0.717, 1.165) is 6.92 Å². The van der Waals surface area contributed by atoms with Crippen LogP contribution in [0.3, 0.4) is 0 Å². The first kappa shape index (κ1) is 28.5. The van der Waals surface area contributed by atoms with E-state index in [1.165, 1.54) is 6.92 Å². The summed E-state index contributed by atoms with van der Waals surface area (Å²) in [6, 6.07) is -1.32. The molecule has 3 aliphatic rings.